The van der Waals surface area contributed by atoms with Crippen LogP contribution in [0.3, 0.4) is 0 Å². The number of nitrogens with zero attached hydrogens (tertiary/aromatic N) is 2. The molecule has 0 N–H and O–H groups in total. The summed E-state index contributed by atoms with van der Waals surface area (Å²) in [7, 11) is 1.70. The first kappa shape index (κ1) is 18.6. The molecular weight excluding hydrogens is 332 g/mol. The number of anilines is 1. The van der Waals surface area contributed by atoms with Crippen molar-refractivity contribution < 1.29 is 4.74 Å². The van der Waals surface area contributed by atoms with Crippen LogP contribution in [0.1, 0.15) is 31.4 Å². The topological polar surface area (TPSA) is 36.3 Å². The standard InChI is InChI=1S/C24H24N2O/c1-24(2)18-26(22-11-6-12-23(16-22)27-3)14-13-21(24)10-5-8-19-7-4-9-20(15-19)17-25/h4,6-7,9-12,15-16H,13-14,18H2,1-3H3/b21-10+. The Morgan fingerprint density at radius 1 is 1.11 bits per heavy atom. The molecule has 3 heteroatoms. The van der Waals surface area contributed by atoms with Crippen LogP contribution in [0.5, 0.6) is 5.75 Å². The number of methoxy groups -OCH3 is 1. The van der Waals surface area contributed by atoms with E-state index in [1.165, 1.54) is 11.3 Å². The molecule has 0 aromatic heterocycles. The van der Waals surface area contributed by atoms with Crippen LogP contribution in [0.25, 0.3) is 0 Å². The van der Waals surface area contributed by atoms with Crippen LogP contribution in [-0.4, -0.2) is 20.2 Å². The van der Waals surface area contributed by atoms with Gasteiger partial charge in [0.25, 0.3) is 0 Å². The van der Waals surface area contributed by atoms with Crippen LogP contribution in [-0.2, 0) is 0 Å². The Hall–Kier alpha value is -3.17. The van der Waals surface area contributed by atoms with Gasteiger partial charge in [0.05, 0.1) is 18.7 Å². The minimum Gasteiger partial charge on any atom is -0.497 e. The third-order valence-corrected chi connectivity index (χ3v) is 4.98. The van der Waals surface area contributed by atoms with E-state index in [1.54, 1.807) is 13.2 Å². The van der Waals surface area contributed by atoms with Crippen molar-refractivity contribution in [2.75, 3.05) is 25.1 Å². The van der Waals surface area contributed by atoms with E-state index in [0.717, 1.165) is 30.8 Å². The molecule has 0 bridgehead atoms. The van der Waals surface area contributed by atoms with Gasteiger partial charge in [0.2, 0.25) is 0 Å². The number of allylic oxidation sites excluding steroid dienone is 1. The van der Waals surface area contributed by atoms with E-state index in [9.17, 15) is 0 Å². The monoisotopic (exact) mass is 356 g/mol. The highest BCUT2D eigenvalue weighted by Gasteiger charge is 2.31. The van der Waals surface area contributed by atoms with E-state index >= 15 is 0 Å². The molecule has 1 aliphatic rings. The predicted octanol–water partition coefficient (Wildman–Crippen LogP) is 4.78. The Labute approximate surface area is 161 Å². The molecule has 0 radical (unpaired) electrons. The molecule has 3 nitrogen and oxygen atoms in total. The second kappa shape index (κ2) is 8.02. The highest BCUT2D eigenvalue weighted by molar-refractivity contribution is 5.52. The molecular formula is C24H24N2O. The molecule has 136 valence electrons. The summed E-state index contributed by atoms with van der Waals surface area (Å²) in [6.45, 7) is 6.44. The van der Waals surface area contributed by atoms with Crippen LogP contribution in [0.2, 0.25) is 0 Å². The smallest absolute Gasteiger partial charge is 0.120 e. The van der Waals surface area contributed by atoms with Crippen LogP contribution in [0, 0.1) is 28.6 Å². The molecule has 2 aromatic carbocycles. The summed E-state index contributed by atoms with van der Waals surface area (Å²) in [6.07, 6.45) is 3.04. The zero-order valence-electron chi connectivity index (χ0n) is 16.1. The zero-order valence-corrected chi connectivity index (χ0v) is 16.1. The average molecular weight is 356 g/mol. The van der Waals surface area contributed by atoms with Crippen LogP contribution < -0.4 is 9.64 Å². The Morgan fingerprint density at radius 2 is 1.89 bits per heavy atom. The molecule has 0 amide bonds. The number of nitriles is 1. The van der Waals surface area contributed by atoms with E-state index in [4.69, 9.17) is 10.00 Å². The number of ether oxygens (including phenoxy) is 1. The molecule has 27 heavy (non-hydrogen) atoms. The molecule has 0 aliphatic carbocycles. The third kappa shape index (κ3) is 4.52. The van der Waals surface area contributed by atoms with E-state index in [1.807, 2.05) is 30.3 Å². The number of rotatable bonds is 2. The van der Waals surface area contributed by atoms with Crippen LogP contribution >= 0.6 is 0 Å². The van der Waals surface area contributed by atoms with E-state index < -0.39 is 0 Å². The van der Waals surface area contributed by atoms with Gasteiger partial charge >= 0.3 is 0 Å². The van der Waals surface area contributed by atoms with Crippen molar-refractivity contribution in [3.8, 4) is 23.7 Å². The van der Waals surface area contributed by atoms with Crippen molar-refractivity contribution in [1.29, 1.82) is 5.26 Å². The largest absolute Gasteiger partial charge is 0.497 e. The van der Waals surface area contributed by atoms with Gasteiger partial charge in [-0.25, -0.2) is 0 Å². The molecule has 1 heterocycles. The molecule has 0 atom stereocenters. The molecule has 1 aliphatic heterocycles. The molecule has 1 fully saturated rings. The van der Waals surface area contributed by atoms with Crippen molar-refractivity contribution in [3.05, 3.63) is 71.3 Å². The van der Waals surface area contributed by atoms with E-state index in [2.05, 4.69) is 54.9 Å². The van der Waals surface area contributed by atoms with E-state index in [0.29, 0.717) is 5.56 Å². The molecule has 2 aromatic rings. The van der Waals surface area contributed by atoms with Crippen LogP contribution in [0.4, 0.5) is 5.69 Å². The highest BCUT2D eigenvalue weighted by atomic mass is 16.5. The first-order valence-corrected chi connectivity index (χ1v) is 9.12. The quantitative estimate of drug-likeness (QED) is 0.727. The molecule has 3 rings (SSSR count). The summed E-state index contributed by atoms with van der Waals surface area (Å²) in [5, 5.41) is 8.99. The summed E-state index contributed by atoms with van der Waals surface area (Å²) in [5.41, 5.74) is 4.12. The number of hydrogen-bond donors (Lipinski definition) is 0. The maximum Gasteiger partial charge on any atom is 0.120 e. The maximum absolute atomic E-state index is 8.99. The molecule has 0 saturated carbocycles. The minimum absolute atomic E-state index is 0.0461. The number of benzene rings is 2. The first-order valence-electron chi connectivity index (χ1n) is 9.12. The predicted molar refractivity (Wildman–Crippen MR) is 110 cm³/mol. The van der Waals surface area contributed by atoms with Gasteiger partial charge in [0.15, 0.2) is 0 Å². The van der Waals surface area contributed by atoms with Gasteiger partial charge in [-0.15, -0.1) is 0 Å². The number of hydrogen-bond acceptors (Lipinski definition) is 3. The van der Waals surface area contributed by atoms with Gasteiger partial charge in [-0.3, -0.25) is 0 Å². The number of piperidine rings is 1. The second-order valence-corrected chi connectivity index (χ2v) is 7.39. The fourth-order valence-electron chi connectivity index (χ4n) is 3.42. The zero-order chi connectivity index (χ0) is 19.3. The summed E-state index contributed by atoms with van der Waals surface area (Å²) >= 11 is 0. The average Bonchev–Trinajstić information content (AvgIpc) is 2.69. The van der Waals surface area contributed by atoms with Gasteiger partial charge in [0.1, 0.15) is 5.75 Å². The Bertz CT molecular complexity index is 954. The van der Waals surface area contributed by atoms with Crippen molar-refractivity contribution in [2.45, 2.75) is 20.3 Å². The molecule has 0 unspecified atom stereocenters. The fraction of sp³-hybridized carbons (Fsp3) is 0.292. The molecule has 1 saturated heterocycles. The Balaban J connectivity index is 1.75. The van der Waals surface area contributed by atoms with Gasteiger partial charge < -0.3 is 9.64 Å². The van der Waals surface area contributed by atoms with Crippen molar-refractivity contribution in [2.24, 2.45) is 5.41 Å². The summed E-state index contributed by atoms with van der Waals surface area (Å²) in [5.74, 6) is 7.23. The second-order valence-electron chi connectivity index (χ2n) is 7.39. The summed E-state index contributed by atoms with van der Waals surface area (Å²) in [4.78, 5) is 2.41. The van der Waals surface area contributed by atoms with Crippen molar-refractivity contribution in [1.82, 2.24) is 0 Å². The lowest BCUT2D eigenvalue weighted by atomic mass is 9.78. The normalized spacial score (nSPS) is 17.0. The van der Waals surface area contributed by atoms with E-state index in [-0.39, 0.29) is 5.41 Å². The molecule has 0 spiro atoms. The van der Waals surface area contributed by atoms with Gasteiger partial charge in [-0.05, 0) is 42.8 Å². The van der Waals surface area contributed by atoms with Gasteiger partial charge in [-0.1, -0.05) is 43.4 Å². The Kier molecular flexibility index (Phi) is 5.53. The lowest BCUT2D eigenvalue weighted by Gasteiger charge is -2.41. The SMILES string of the molecule is COc1cccc(N2CC/C(=C\C#Cc3cccc(C#N)c3)C(C)(C)C2)c1. The highest BCUT2D eigenvalue weighted by Crippen LogP contribution is 2.36. The third-order valence-electron chi connectivity index (χ3n) is 4.98. The Morgan fingerprint density at radius 3 is 2.63 bits per heavy atom. The van der Waals surface area contributed by atoms with Gasteiger partial charge in [-0.2, -0.15) is 5.26 Å². The first-order chi connectivity index (χ1) is 13.0. The lowest BCUT2D eigenvalue weighted by molar-refractivity contribution is 0.390. The van der Waals surface area contributed by atoms with Crippen LogP contribution in [0.15, 0.2) is 60.2 Å². The fourth-order valence-corrected chi connectivity index (χ4v) is 3.42. The summed E-state index contributed by atoms with van der Waals surface area (Å²) < 4.78 is 5.35. The minimum atomic E-state index is 0.0461. The maximum atomic E-state index is 8.99. The van der Waals surface area contributed by atoms with Crippen molar-refractivity contribution in [3.63, 3.8) is 0 Å². The van der Waals surface area contributed by atoms with Gasteiger partial charge in [0, 0.05) is 35.8 Å². The summed E-state index contributed by atoms with van der Waals surface area (Å²) in [6, 6.07) is 17.8. The lowest BCUT2D eigenvalue weighted by Crippen LogP contribution is -2.41. The van der Waals surface area contributed by atoms with Crippen molar-refractivity contribution >= 4 is 5.69 Å².